The van der Waals surface area contributed by atoms with Crippen LogP contribution in [0.25, 0.3) is 0 Å². The average Bonchev–Trinajstić information content (AvgIpc) is 3.31. The Balaban J connectivity index is 1.43. The van der Waals surface area contributed by atoms with Gasteiger partial charge in [0.15, 0.2) is 0 Å². The summed E-state index contributed by atoms with van der Waals surface area (Å²) in [5.41, 5.74) is 1.84. The summed E-state index contributed by atoms with van der Waals surface area (Å²) in [7, 11) is 1.33. The summed E-state index contributed by atoms with van der Waals surface area (Å²) >= 11 is 0. The zero-order valence-electron chi connectivity index (χ0n) is 17.8. The predicted octanol–water partition coefficient (Wildman–Crippen LogP) is 4.92. The van der Waals surface area contributed by atoms with E-state index in [1.54, 1.807) is 30.3 Å². The molecule has 1 aliphatic heterocycles. The van der Waals surface area contributed by atoms with E-state index in [-0.39, 0.29) is 16.4 Å². The van der Waals surface area contributed by atoms with Gasteiger partial charge in [0.1, 0.15) is 17.1 Å². The van der Waals surface area contributed by atoms with E-state index in [9.17, 15) is 9.59 Å². The van der Waals surface area contributed by atoms with Crippen LogP contribution in [0.15, 0.2) is 42.5 Å². The van der Waals surface area contributed by atoms with E-state index >= 15 is 0 Å². The van der Waals surface area contributed by atoms with Crippen LogP contribution in [0.3, 0.4) is 0 Å². The van der Waals surface area contributed by atoms with Crippen LogP contribution in [0, 0.1) is 11.3 Å². The van der Waals surface area contributed by atoms with Crippen molar-refractivity contribution in [3.8, 4) is 11.5 Å². The first-order chi connectivity index (χ1) is 14.2. The smallest absolute Gasteiger partial charge is 0.343 e. The molecule has 0 spiro atoms. The maximum Gasteiger partial charge on any atom is 0.343 e. The van der Waals surface area contributed by atoms with Crippen molar-refractivity contribution in [2.45, 2.75) is 51.0 Å². The summed E-state index contributed by atoms with van der Waals surface area (Å²) < 4.78 is 16.8. The lowest BCUT2D eigenvalue weighted by Crippen LogP contribution is -2.54. The molecule has 2 aromatic carbocycles. The molecule has 2 aliphatic carbocycles. The number of hydrogen-bond donors (Lipinski definition) is 0. The number of benzene rings is 2. The van der Waals surface area contributed by atoms with Crippen LogP contribution in [-0.2, 0) is 10.2 Å². The van der Waals surface area contributed by atoms with E-state index in [1.807, 2.05) is 12.1 Å². The molecule has 4 atom stereocenters. The zero-order chi connectivity index (χ0) is 21.3. The fourth-order valence-electron chi connectivity index (χ4n) is 6.26. The van der Waals surface area contributed by atoms with Gasteiger partial charge in [0, 0.05) is 11.0 Å². The summed E-state index contributed by atoms with van der Waals surface area (Å²) in [5, 5.41) is 0. The van der Waals surface area contributed by atoms with Crippen molar-refractivity contribution in [1.82, 2.24) is 0 Å². The second-order valence-corrected chi connectivity index (χ2v) is 9.45. The highest BCUT2D eigenvalue weighted by atomic mass is 16.5. The Kier molecular flexibility index (Phi) is 3.89. The number of fused-ring (bicyclic) bond motifs is 7. The van der Waals surface area contributed by atoms with Gasteiger partial charge < -0.3 is 14.2 Å². The summed E-state index contributed by atoms with van der Waals surface area (Å²) in [6.45, 7) is 6.91. The van der Waals surface area contributed by atoms with Gasteiger partial charge in [0.25, 0.3) is 0 Å². The molecule has 0 saturated heterocycles. The number of carbonyl (C=O) groups excluding carboxylic acids is 2. The summed E-state index contributed by atoms with van der Waals surface area (Å²) in [5.74, 6) is 0.962. The molecular formula is C25H26O5. The molecular weight excluding hydrogens is 380 g/mol. The molecule has 3 aliphatic rings. The Labute approximate surface area is 176 Å². The van der Waals surface area contributed by atoms with Gasteiger partial charge in [-0.15, -0.1) is 0 Å². The van der Waals surface area contributed by atoms with Gasteiger partial charge >= 0.3 is 11.9 Å². The maximum absolute atomic E-state index is 12.9. The standard InChI is InChI=1S/C25H26O5/c1-23-12-11-17(14-23)25(3)24(23,2)19-13-16(7-10-20(19)30-25)22(27)29-18-8-5-15(6-9-18)21(26)28-4/h5-10,13,17H,11-12,14H2,1-4H3. The Bertz CT molecular complexity index is 1060. The minimum atomic E-state index is -0.429. The largest absolute Gasteiger partial charge is 0.486 e. The highest BCUT2D eigenvalue weighted by molar-refractivity contribution is 5.92. The van der Waals surface area contributed by atoms with Gasteiger partial charge in [-0.3, -0.25) is 0 Å². The van der Waals surface area contributed by atoms with Crippen molar-refractivity contribution >= 4 is 11.9 Å². The molecule has 156 valence electrons. The SMILES string of the molecule is COC(=O)c1ccc(OC(=O)c2ccc3c(c2)C2(C)C4(C)CCC(C4)C2(C)O3)cc1. The zero-order valence-corrected chi connectivity index (χ0v) is 17.8. The fraction of sp³-hybridized carbons (Fsp3) is 0.440. The topological polar surface area (TPSA) is 61.8 Å². The number of esters is 2. The van der Waals surface area contributed by atoms with Crippen LogP contribution >= 0.6 is 0 Å². The van der Waals surface area contributed by atoms with E-state index < -0.39 is 11.9 Å². The summed E-state index contributed by atoms with van der Waals surface area (Å²) in [4.78, 5) is 24.4. The minimum absolute atomic E-state index is 0.128. The molecule has 2 bridgehead atoms. The van der Waals surface area contributed by atoms with Crippen LogP contribution in [0.2, 0.25) is 0 Å². The molecule has 0 N–H and O–H groups in total. The first-order valence-corrected chi connectivity index (χ1v) is 10.5. The molecule has 5 heteroatoms. The first-order valence-electron chi connectivity index (χ1n) is 10.5. The van der Waals surface area contributed by atoms with E-state index in [0.717, 1.165) is 11.3 Å². The van der Waals surface area contributed by atoms with Crippen LogP contribution in [-0.4, -0.2) is 24.6 Å². The molecule has 2 fully saturated rings. The van der Waals surface area contributed by atoms with E-state index in [1.165, 1.54) is 26.4 Å². The average molecular weight is 406 g/mol. The molecule has 1 heterocycles. The molecule has 2 aromatic rings. The Morgan fingerprint density at radius 3 is 2.40 bits per heavy atom. The Morgan fingerprint density at radius 1 is 1.00 bits per heavy atom. The van der Waals surface area contributed by atoms with Crippen molar-refractivity contribution in [1.29, 1.82) is 0 Å². The van der Waals surface area contributed by atoms with Gasteiger partial charge in [-0.05, 0) is 80.0 Å². The summed E-state index contributed by atoms with van der Waals surface area (Å²) in [6.07, 6.45) is 3.56. The predicted molar refractivity (Wildman–Crippen MR) is 111 cm³/mol. The van der Waals surface area contributed by atoms with E-state index in [0.29, 0.717) is 22.8 Å². The Hall–Kier alpha value is -2.82. The van der Waals surface area contributed by atoms with Gasteiger partial charge in [-0.1, -0.05) is 13.8 Å². The molecule has 0 aromatic heterocycles. The normalized spacial score (nSPS) is 32.9. The quantitative estimate of drug-likeness (QED) is 0.535. The van der Waals surface area contributed by atoms with Gasteiger partial charge in [0.2, 0.25) is 0 Å². The van der Waals surface area contributed by atoms with Crippen molar-refractivity contribution in [2.75, 3.05) is 7.11 Å². The number of hydrogen-bond acceptors (Lipinski definition) is 5. The third kappa shape index (κ3) is 2.29. The van der Waals surface area contributed by atoms with Crippen LogP contribution in [0.4, 0.5) is 0 Å². The van der Waals surface area contributed by atoms with Crippen LogP contribution < -0.4 is 9.47 Å². The number of carbonyl (C=O) groups is 2. The molecule has 5 rings (SSSR count). The van der Waals surface area contributed by atoms with E-state index in [2.05, 4.69) is 20.8 Å². The minimum Gasteiger partial charge on any atom is -0.486 e. The second kappa shape index (κ2) is 6.10. The molecule has 4 unspecified atom stereocenters. The first kappa shape index (κ1) is 19.2. The van der Waals surface area contributed by atoms with Crippen molar-refractivity contribution in [3.05, 3.63) is 59.2 Å². The number of rotatable bonds is 3. The van der Waals surface area contributed by atoms with Gasteiger partial charge in [-0.25, -0.2) is 9.59 Å². The Morgan fingerprint density at radius 2 is 1.70 bits per heavy atom. The summed E-state index contributed by atoms with van der Waals surface area (Å²) in [6, 6.07) is 12.0. The number of ether oxygens (including phenoxy) is 3. The molecule has 0 amide bonds. The number of methoxy groups -OCH3 is 1. The van der Waals surface area contributed by atoms with Crippen molar-refractivity contribution in [3.63, 3.8) is 0 Å². The highest BCUT2D eigenvalue weighted by Crippen LogP contribution is 2.73. The third-order valence-corrected chi connectivity index (χ3v) is 8.28. The van der Waals surface area contributed by atoms with Crippen LogP contribution in [0.1, 0.15) is 66.3 Å². The lowest BCUT2D eigenvalue weighted by atomic mass is 9.56. The molecule has 30 heavy (non-hydrogen) atoms. The molecule has 5 nitrogen and oxygen atoms in total. The van der Waals surface area contributed by atoms with Gasteiger partial charge in [-0.2, -0.15) is 0 Å². The monoisotopic (exact) mass is 406 g/mol. The van der Waals surface area contributed by atoms with Crippen molar-refractivity contribution in [2.24, 2.45) is 11.3 Å². The highest BCUT2D eigenvalue weighted by Gasteiger charge is 2.73. The second-order valence-electron chi connectivity index (χ2n) is 9.45. The molecule has 2 saturated carbocycles. The van der Waals surface area contributed by atoms with Crippen molar-refractivity contribution < 1.29 is 23.8 Å². The van der Waals surface area contributed by atoms with Gasteiger partial charge in [0.05, 0.1) is 18.2 Å². The lowest BCUT2D eigenvalue weighted by Gasteiger charge is -2.48. The third-order valence-electron chi connectivity index (χ3n) is 8.28. The van der Waals surface area contributed by atoms with E-state index in [4.69, 9.17) is 14.2 Å². The molecule has 0 radical (unpaired) electrons. The fourth-order valence-corrected chi connectivity index (χ4v) is 6.26. The maximum atomic E-state index is 12.9. The lowest BCUT2D eigenvalue weighted by molar-refractivity contribution is -0.0260. The van der Waals surface area contributed by atoms with Crippen LogP contribution in [0.5, 0.6) is 11.5 Å².